The number of esters is 1. The summed E-state index contributed by atoms with van der Waals surface area (Å²) in [5.41, 5.74) is 1.46. The van der Waals surface area contributed by atoms with Gasteiger partial charge in [-0.3, -0.25) is 9.69 Å². The minimum atomic E-state index is -4.26. The molecule has 1 N–H and O–H groups in total. The summed E-state index contributed by atoms with van der Waals surface area (Å²) in [5.74, 6) is -0.179. The molecule has 29 heavy (non-hydrogen) atoms. The second kappa shape index (κ2) is 9.55. The maximum Gasteiger partial charge on any atom is 0.406 e. The van der Waals surface area contributed by atoms with Gasteiger partial charge >= 0.3 is 12.1 Å². The van der Waals surface area contributed by atoms with Crippen molar-refractivity contribution < 1.29 is 22.7 Å². The number of fused-ring (bicyclic) bond motifs is 1. The molecule has 2 heterocycles. The van der Waals surface area contributed by atoms with Crippen molar-refractivity contribution in [3.05, 3.63) is 28.0 Å². The van der Waals surface area contributed by atoms with Gasteiger partial charge in [0.05, 0.1) is 9.22 Å². The molecule has 0 radical (unpaired) electrons. The first-order valence-corrected chi connectivity index (χ1v) is 10.8. The molecule has 0 bridgehead atoms. The van der Waals surface area contributed by atoms with Gasteiger partial charge in [-0.05, 0) is 53.6 Å². The summed E-state index contributed by atoms with van der Waals surface area (Å²) < 4.78 is 45.8. The van der Waals surface area contributed by atoms with Crippen molar-refractivity contribution in [2.75, 3.05) is 31.6 Å². The molecule has 1 aliphatic rings. The topological polar surface area (TPSA) is 46.5 Å². The Balaban J connectivity index is 1.60. The molecular formula is C20H25F3IN3O2. The number of hydrogen-bond acceptors (Lipinski definition) is 4. The summed E-state index contributed by atoms with van der Waals surface area (Å²) in [7, 11) is 0. The van der Waals surface area contributed by atoms with Crippen LogP contribution in [0, 0.1) is 3.70 Å². The molecule has 5 nitrogen and oxygen atoms in total. The largest absolute Gasteiger partial charge is 0.464 e. The highest BCUT2D eigenvalue weighted by Gasteiger charge is 2.30. The van der Waals surface area contributed by atoms with Gasteiger partial charge in [0.2, 0.25) is 0 Å². The van der Waals surface area contributed by atoms with Crippen molar-refractivity contribution in [3.63, 3.8) is 0 Å². The Morgan fingerprint density at radius 2 is 2.03 bits per heavy atom. The fraction of sp³-hybridized carbons (Fsp3) is 0.550. The standard InChI is InChI=1S/C20H25F3IN3O2/c1-2-19(28)29-11-10-26-8-6-14(7-9-26)25-16-4-3-5-17-15(16)12-18(24)27(17)13-20(21,22)23/h3-5,12,14,25H,2,6-11,13H2,1H3. The number of benzene rings is 1. The zero-order valence-electron chi connectivity index (χ0n) is 16.3. The van der Waals surface area contributed by atoms with Crippen molar-refractivity contribution in [3.8, 4) is 0 Å². The van der Waals surface area contributed by atoms with E-state index >= 15 is 0 Å². The lowest BCUT2D eigenvalue weighted by Crippen LogP contribution is -2.40. The van der Waals surface area contributed by atoms with Crippen LogP contribution in [-0.2, 0) is 16.1 Å². The third-order valence-electron chi connectivity index (χ3n) is 5.14. The summed E-state index contributed by atoms with van der Waals surface area (Å²) in [6.45, 7) is 3.72. The SMILES string of the molecule is CCC(=O)OCCN1CCC(Nc2cccc3c2cc(I)n3CC(F)(F)F)CC1. The van der Waals surface area contributed by atoms with Crippen LogP contribution in [0.2, 0.25) is 0 Å². The zero-order valence-corrected chi connectivity index (χ0v) is 18.4. The van der Waals surface area contributed by atoms with Gasteiger partial charge in [0.25, 0.3) is 0 Å². The van der Waals surface area contributed by atoms with Crippen molar-refractivity contribution in [2.24, 2.45) is 0 Å². The number of nitrogens with zero attached hydrogens (tertiary/aromatic N) is 2. The van der Waals surface area contributed by atoms with E-state index in [0.29, 0.717) is 22.2 Å². The molecule has 0 saturated carbocycles. The number of piperidine rings is 1. The Labute approximate surface area is 181 Å². The van der Waals surface area contributed by atoms with Crippen LogP contribution < -0.4 is 5.32 Å². The van der Waals surface area contributed by atoms with E-state index in [0.717, 1.165) is 43.5 Å². The number of rotatable bonds is 7. The molecular weight excluding hydrogens is 498 g/mol. The van der Waals surface area contributed by atoms with Gasteiger partial charge in [0, 0.05) is 43.2 Å². The normalized spacial score (nSPS) is 16.3. The van der Waals surface area contributed by atoms with Gasteiger partial charge in [-0.2, -0.15) is 13.2 Å². The Morgan fingerprint density at radius 3 is 2.69 bits per heavy atom. The van der Waals surface area contributed by atoms with Crippen LogP contribution in [0.4, 0.5) is 18.9 Å². The average molecular weight is 523 g/mol. The molecule has 0 aliphatic carbocycles. The van der Waals surface area contributed by atoms with Crippen molar-refractivity contribution in [1.82, 2.24) is 9.47 Å². The molecule has 3 rings (SSSR count). The quantitative estimate of drug-likeness (QED) is 0.425. The Kier molecular flexibility index (Phi) is 7.31. The molecule has 1 aromatic heterocycles. The predicted molar refractivity (Wildman–Crippen MR) is 115 cm³/mol. The number of likely N-dealkylation sites (tertiary alicyclic amines) is 1. The second-order valence-electron chi connectivity index (χ2n) is 7.24. The highest BCUT2D eigenvalue weighted by atomic mass is 127. The van der Waals surface area contributed by atoms with Crippen LogP contribution in [0.5, 0.6) is 0 Å². The fourth-order valence-corrected chi connectivity index (χ4v) is 4.37. The lowest BCUT2D eigenvalue weighted by Gasteiger charge is -2.32. The third-order valence-corrected chi connectivity index (χ3v) is 6.03. The summed E-state index contributed by atoms with van der Waals surface area (Å²) in [4.78, 5) is 13.5. The van der Waals surface area contributed by atoms with Gasteiger partial charge in [-0.25, -0.2) is 0 Å². The lowest BCUT2D eigenvalue weighted by atomic mass is 10.0. The number of halogens is 4. The molecule has 1 aromatic carbocycles. The molecule has 2 aromatic rings. The Bertz CT molecular complexity index is 845. The average Bonchev–Trinajstić information content (AvgIpc) is 2.98. The van der Waals surface area contributed by atoms with E-state index < -0.39 is 12.7 Å². The molecule has 1 saturated heterocycles. The van der Waals surface area contributed by atoms with Gasteiger partial charge < -0.3 is 14.6 Å². The number of anilines is 1. The van der Waals surface area contributed by atoms with Crippen molar-refractivity contribution >= 4 is 45.2 Å². The van der Waals surface area contributed by atoms with Gasteiger partial charge in [-0.1, -0.05) is 13.0 Å². The number of aromatic nitrogens is 1. The number of carbonyl (C=O) groups is 1. The Morgan fingerprint density at radius 1 is 1.31 bits per heavy atom. The number of ether oxygens (including phenoxy) is 1. The fourth-order valence-electron chi connectivity index (χ4n) is 3.63. The second-order valence-corrected chi connectivity index (χ2v) is 8.35. The van der Waals surface area contributed by atoms with E-state index in [2.05, 4.69) is 10.2 Å². The molecule has 0 spiro atoms. The zero-order chi connectivity index (χ0) is 21.0. The van der Waals surface area contributed by atoms with E-state index in [4.69, 9.17) is 4.74 Å². The summed E-state index contributed by atoms with van der Waals surface area (Å²) >= 11 is 1.96. The highest BCUT2D eigenvalue weighted by Crippen LogP contribution is 2.31. The van der Waals surface area contributed by atoms with E-state index in [1.54, 1.807) is 25.1 Å². The first-order chi connectivity index (χ1) is 13.8. The van der Waals surface area contributed by atoms with E-state index in [1.807, 2.05) is 28.7 Å². The van der Waals surface area contributed by atoms with Crippen molar-refractivity contribution in [1.29, 1.82) is 0 Å². The number of carbonyl (C=O) groups excluding carboxylic acids is 1. The predicted octanol–water partition coefficient (Wildman–Crippen LogP) is 4.64. The van der Waals surface area contributed by atoms with Crippen LogP contribution in [0.1, 0.15) is 26.2 Å². The summed E-state index contributed by atoms with van der Waals surface area (Å²) in [6.07, 6.45) is -2.01. The van der Waals surface area contributed by atoms with E-state index in [-0.39, 0.29) is 12.0 Å². The smallest absolute Gasteiger partial charge is 0.406 e. The van der Waals surface area contributed by atoms with Crippen LogP contribution in [0.25, 0.3) is 10.9 Å². The molecule has 1 aliphatic heterocycles. The van der Waals surface area contributed by atoms with Gasteiger partial charge in [0.1, 0.15) is 13.2 Å². The first-order valence-electron chi connectivity index (χ1n) is 9.76. The minimum Gasteiger partial charge on any atom is -0.464 e. The maximum atomic E-state index is 12.9. The summed E-state index contributed by atoms with van der Waals surface area (Å²) in [6, 6.07) is 7.52. The molecule has 9 heteroatoms. The monoisotopic (exact) mass is 523 g/mol. The van der Waals surface area contributed by atoms with Gasteiger partial charge in [0.15, 0.2) is 0 Å². The molecule has 0 unspecified atom stereocenters. The molecule has 0 amide bonds. The number of hydrogen-bond donors (Lipinski definition) is 1. The van der Waals surface area contributed by atoms with E-state index in [9.17, 15) is 18.0 Å². The van der Waals surface area contributed by atoms with Crippen LogP contribution in [-0.4, -0.2) is 53.9 Å². The Hall–Kier alpha value is -1.49. The highest BCUT2D eigenvalue weighted by molar-refractivity contribution is 14.1. The van der Waals surface area contributed by atoms with Crippen molar-refractivity contribution in [2.45, 2.75) is 44.9 Å². The lowest BCUT2D eigenvalue weighted by molar-refractivity contribution is -0.143. The number of nitrogens with one attached hydrogen (secondary N) is 1. The van der Waals surface area contributed by atoms with E-state index in [1.165, 1.54) is 4.57 Å². The maximum absolute atomic E-state index is 12.9. The first kappa shape index (κ1) is 22.2. The van der Waals surface area contributed by atoms with Gasteiger partial charge in [-0.15, -0.1) is 0 Å². The van der Waals surface area contributed by atoms with Crippen LogP contribution >= 0.6 is 22.6 Å². The third kappa shape index (κ3) is 6.00. The van der Waals surface area contributed by atoms with Crippen LogP contribution in [0.3, 0.4) is 0 Å². The summed E-state index contributed by atoms with van der Waals surface area (Å²) in [5, 5.41) is 4.34. The minimum absolute atomic E-state index is 0.179. The molecule has 1 fully saturated rings. The molecule has 160 valence electrons. The number of alkyl halides is 3. The molecule has 0 atom stereocenters. The van der Waals surface area contributed by atoms with Crippen LogP contribution in [0.15, 0.2) is 24.3 Å².